The average Bonchev–Trinajstić information content (AvgIpc) is 3.68. The van der Waals surface area contributed by atoms with Crippen molar-refractivity contribution in [1.29, 1.82) is 0 Å². The maximum Gasteiger partial charge on any atom is 0.144 e. The Hall–Kier alpha value is -6.00. The maximum absolute atomic E-state index is 6.71. The maximum atomic E-state index is 6.71. The van der Waals surface area contributed by atoms with E-state index in [1.54, 1.807) is 0 Å². The smallest absolute Gasteiger partial charge is 0.144 e. The van der Waals surface area contributed by atoms with Crippen LogP contribution in [0.3, 0.4) is 0 Å². The monoisotopic (exact) mass is 618 g/mol. The number of aromatic nitrogens is 2. The molecule has 0 aliphatic carbocycles. The normalized spacial score (nSPS) is 12.5. The third-order valence-electron chi connectivity index (χ3n) is 9.82. The molecule has 4 heteroatoms. The number of benzene rings is 7. The number of nitrogens with zero attached hydrogens (tertiary/aromatic N) is 2. The van der Waals surface area contributed by atoms with Gasteiger partial charge in [-0.2, -0.15) is 0 Å². The highest BCUT2D eigenvalue weighted by Crippen LogP contribution is 2.46. The molecule has 7 aromatic carbocycles. The zero-order valence-electron chi connectivity index (χ0n) is 26.8. The third kappa shape index (κ3) is 3.89. The lowest BCUT2D eigenvalue weighted by atomic mass is 9.83. The second-order valence-corrected chi connectivity index (χ2v) is 13.8. The zero-order valence-corrected chi connectivity index (χ0v) is 26.8. The fourth-order valence-corrected chi connectivity index (χ4v) is 7.45. The molecule has 0 aliphatic rings. The Morgan fingerprint density at radius 1 is 0.500 bits per heavy atom. The zero-order chi connectivity index (χ0) is 32.1. The van der Waals surface area contributed by atoms with E-state index in [0.717, 1.165) is 88.1 Å². The van der Waals surface area contributed by atoms with Crippen LogP contribution in [-0.2, 0) is 5.41 Å². The minimum atomic E-state index is -0.128. The molecule has 228 valence electrons. The quantitative estimate of drug-likeness (QED) is 0.181. The molecular weight excluding hydrogens is 588 g/mol. The highest BCUT2D eigenvalue weighted by atomic mass is 16.3. The minimum absolute atomic E-state index is 0.128. The topological polar surface area (TPSA) is 52.1 Å². The van der Waals surface area contributed by atoms with Crippen LogP contribution in [0.2, 0.25) is 0 Å². The minimum Gasteiger partial charge on any atom is -0.456 e. The summed E-state index contributed by atoms with van der Waals surface area (Å²) >= 11 is 0. The largest absolute Gasteiger partial charge is 0.456 e. The second-order valence-electron chi connectivity index (χ2n) is 13.8. The van der Waals surface area contributed by atoms with E-state index in [9.17, 15) is 0 Å². The summed E-state index contributed by atoms with van der Waals surface area (Å²) in [7, 11) is 0. The van der Waals surface area contributed by atoms with Crippen LogP contribution in [0.15, 0.2) is 136 Å². The van der Waals surface area contributed by atoms with Gasteiger partial charge in [-0.15, -0.1) is 0 Å². The molecule has 0 spiro atoms. The van der Waals surface area contributed by atoms with Crippen LogP contribution >= 0.6 is 0 Å². The molecule has 10 aromatic rings. The molecule has 0 amide bonds. The summed E-state index contributed by atoms with van der Waals surface area (Å²) in [5.74, 6) is 0. The number of hydrogen-bond acceptors (Lipinski definition) is 4. The van der Waals surface area contributed by atoms with Gasteiger partial charge >= 0.3 is 0 Å². The van der Waals surface area contributed by atoms with Crippen molar-refractivity contribution in [3.63, 3.8) is 0 Å². The lowest BCUT2D eigenvalue weighted by Gasteiger charge is -2.22. The summed E-state index contributed by atoms with van der Waals surface area (Å²) in [6, 6.07) is 42.5. The van der Waals surface area contributed by atoms with Crippen molar-refractivity contribution in [2.75, 3.05) is 0 Å². The molecule has 0 N–H and O–H groups in total. The summed E-state index contributed by atoms with van der Waals surface area (Å²) in [5.41, 5.74) is 10.3. The van der Waals surface area contributed by atoms with Gasteiger partial charge in [0.15, 0.2) is 0 Å². The summed E-state index contributed by atoms with van der Waals surface area (Å²) in [6.07, 6.45) is 1.93. The summed E-state index contributed by atoms with van der Waals surface area (Å²) < 4.78 is 13.2. The molecule has 48 heavy (non-hydrogen) atoms. The molecule has 0 fully saturated rings. The van der Waals surface area contributed by atoms with Crippen molar-refractivity contribution >= 4 is 76.5 Å². The molecule has 3 heterocycles. The van der Waals surface area contributed by atoms with Crippen molar-refractivity contribution in [3.8, 4) is 22.4 Å². The van der Waals surface area contributed by atoms with Crippen molar-refractivity contribution < 1.29 is 8.83 Å². The van der Waals surface area contributed by atoms with Gasteiger partial charge in [-0.3, -0.25) is 4.98 Å². The molecule has 0 saturated carbocycles. The predicted octanol–water partition coefficient (Wildman–Crippen LogP) is 12.4. The molecule has 0 aliphatic heterocycles. The lowest BCUT2D eigenvalue weighted by Crippen LogP contribution is -2.11. The van der Waals surface area contributed by atoms with Crippen molar-refractivity contribution in [2.24, 2.45) is 0 Å². The van der Waals surface area contributed by atoms with Gasteiger partial charge in [0.1, 0.15) is 22.3 Å². The predicted molar refractivity (Wildman–Crippen MR) is 199 cm³/mol. The number of para-hydroxylation sites is 2. The van der Waals surface area contributed by atoms with Gasteiger partial charge in [-0.1, -0.05) is 112 Å². The number of fused-ring (bicyclic) bond motifs is 12. The van der Waals surface area contributed by atoms with Crippen molar-refractivity contribution in [3.05, 3.63) is 133 Å². The van der Waals surface area contributed by atoms with E-state index in [0.29, 0.717) is 0 Å². The van der Waals surface area contributed by atoms with Gasteiger partial charge in [0.05, 0.1) is 22.9 Å². The number of hydrogen-bond donors (Lipinski definition) is 0. The first kappa shape index (κ1) is 27.1. The first-order valence-corrected chi connectivity index (χ1v) is 16.4. The van der Waals surface area contributed by atoms with Gasteiger partial charge < -0.3 is 8.83 Å². The molecular formula is C44H30N2O2. The average molecular weight is 619 g/mol. The second kappa shape index (κ2) is 9.76. The molecule has 0 bridgehead atoms. The fourth-order valence-electron chi connectivity index (χ4n) is 7.45. The first-order valence-electron chi connectivity index (χ1n) is 16.4. The number of furan rings is 2. The van der Waals surface area contributed by atoms with E-state index in [2.05, 4.69) is 118 Å². The van der Waals surface area contributed by atoms with E-state index < -0.39 is 0 Å². The molecule has 0 unspecified atom stereocenters. The molecule has 0 atom stereocenters. The Morgan fingerprint density at radius 3 is 1.79 bits per heavy atom. The Kier molecular flexibility index (Phi) is 5.52. The Balaban J connectivity index is 1.31. The van der Waals surface area contributed by atoms with Crippen LogP contribution in [0.4, 0.5) is 0 Å². The highest BCUT2D eigenvalue weighted by Gasteiger charge is 2.24. The van der Waals surface area contributed by atoms with E-state index in [4.69, 9.17) is 18.8 Å². The van der Waals surface area contributed by atoms with Crippen LogP contribution in [0, 0.1) is 0 Å². The van der Waals surface area contributed by atoms with Gasteiger partial charge in [0.2, 0.25) is 0 Å². The van der Waals surface area contributed by atoms with Crippen LogP contribution in [-0.4, -0.2) is 9.97 Å². The lowest BCUT2D eigenvalue weighted by molar-refractivity contribution is 0.590. The van der Waals surface area contributed by atoms with E-state index in [-0.39, 0.29) is 5.41 Å². The molecule has 3 aromatic heterocycles. The fraction of sp³-hybridized carbons (Fsp3) is 0.0909. The SMILES string of the molecule is CC(C)(C)c1cc(-c2cnc3c4ccccc4c4ccccc4c3n2)cc(-c2c3oc4ccccc4c3cc3oc4ccccc4c23)c1. The standard InChI is InChI=1S/C44H30N2O2/c1-44(2,3)27-21-25(35-24-45-41-31-15-6-4-12-28(31)29-13-5-7-16-32(29)42(41)46-35)20-26(22-27)39-40-33-17-9-11-19-37(33)47-38(40)23-34-30-14-8-10-18-36(30)48-43(34)39/h4-24H,1-3H3. The third-order valence-corrected chi connectivity index (χ3v) is 9.82. The van der Waals surface area contributed by atoms with Crippen molar-refractivity contribution in [1.82, 2.24) is 9.97 Å². The molecule has 0 radical (unpaired) electrons. The van der Waals surface area contributed by atoms with Gasteiger partial charge in [-0.25, -0.2) is 4.98 Å². The van der Waals surface area contributed by atoms with Crippen LogP contribution in [0.5, 0.6) is 0 Å². The van der Waals surface area contributed by atoms with E-state index in [1.807, 2.05) is 30.5 Å². The Labute approximate surface area is 276 Å². The Morgan fingerprint density at radius 2 is 1.08 bits per heavy atom. The van der Waals surface area contributed by atoms with Crippen molar-refractivity contribution in [2.45, 2.75) is 26.2 Å². The molecule has 4 nitrogen and oxygen atoms in total. The van der Waals surface area contributed by atoms with E-state index in [1.165, 1.54) is 16.3 Å². The first-order chi connectivity index (χ1) is 23.4. The Bertz CT molecular complexity index is 2900. The van der Waals surface area contributed by atoms with Crippen LogP contribution in [0.25, 0.3) is 98.8 Å². The summed E-state index contributed by atoms with van der Waals surface area (Å²) in [5, 5.41) is 8.82. The molecule has 0 saturated heterocycles. The van der Waals surface area contributed by atoms with E-state index >= 15 is 0 Å². The highest BCUT2D eigenvalue weighted by molar-refractivity contribution is 6.24. The summed E-state index contributed by atoms with van der Waals surface area (Å²) in [6.45, 7) is 6.77. The summed E-state index contributed by atoms with van der Waals surface area (Å²) in [4.78, 5) is 10.5. The van der Waals surface area contributed by atoms with Gasteiger partial charge in [0, 0.05) is 43.4 Å². The van der Waals surface area contributed by atoms with Gasteiger partial charge in [0.25, 0.3) is 0 Å². The van der Waals surface area contributed by atoms with Crippen LogP contribution in [0.1, 0.15) is 26.3 Å². The molecule has 10 rings (SSSR count). The van der Waals surface area contributed by atoms with Gasteiger partial charge in [-0.05, 0) is 57.6 Å². The van der Waals surface area contributed by atoms with Crippen LogP contribution < -0.4 is 0 Å². The number of rotatable bonds is 2.